The number of H-pyrrole nitrogens is 1. The summed E-state index contributed by atoms with van der Waals surface area (Å²) in [7, 11) is 0. The predicted octanol–water partition coefficient (Wildman–Crippen LogP) is 1.61. The first-order valence-corrected chi connectivity index (χ1v) is 7.55. The van der Waals surface area contributed by atoms with Gasteiger partial charge in [-0.25, -0.2) is 0 Å². The van der Waals surface area contributed by atoms with Crippen molar-refractivity contribution in [2.24, 2.45) is 0 Å². The van der Waals surface area contributed by atoms with Crippen molar-refractivity contribution in [2.75, 3.05) is 6.54 Å². The highest BCUT2D eigenvalue weighted by Gasteiger charge is 2.36. The maximum absolute atomic E-state index is 12.6. The molecular weight excluding hydrogens is 284 g/mol. The van der Waals surface area contributed by atoms with Crippen LogP contribution in [-0.4, -0.2) is 32.5 Å². The lowest BCUT2D eigenvalue weighted by Gasteiger charge is -2.22. The van der Waals surface area contributed by atoms with Crippen LogP contribution in [0.3, 0.4) is 0 Å². The molecule has 7 nitrogen and oxygen atoms in total. The van der Waals surface area contributed by atoms with Crippen LogP contribution >= 0.6 is 0 Å². The Morgan fingerprint density at radius 1 is 1.32 bits per heavy atom. The molecule has 2 aliphatic rings. The van der Waals surface area contributed by atoms with Crippen LogP contribution in [0, 0.1) is 0 Å². The third kappa shape index (κ3) is 2.32. The molecule has 3 heterocycles. The first-order valence-electron chi connectivity index (χ1n) is 7.55. The number of aromatic amines is 1. The largest absolute Gasteiger partial charge is 0.339 e. The second-order valence-electron chi connectivity index (χ2n) is 5.86. The molecule has 1 aliphatic carbocycles. The van der Waals surface area contributed by atoms with Gasteiger partial charge in [-0.15, -0.1) is 0 Å². The van der Waals surface area contributed by atoms with Crippen molar-refractivity contribution < 1.29 is 9.32 Å². The molecule has 0 aromatic carbocycles. The van der Waals surface area contributed by atoms with E-state index >= 15 is 0 Å². The molecule has 1 amide bonds. The minimum absolute atomic E-state index is 0.114. The summed E-state index contributed by atoms with van der Waals surface area (Å²) in [6.45, 7) is 0.663. The molecule has 4 rings (SSSR count). The summed E-state index contributed by atoms with van der Waals surface area (Å²) in [6.07, 6.45) is 5.40. The number of hydrogen-bond acceptors (Lipinski definition) is 5. The normalized spacial score (nSPS) is 21.3. The molecule has 1 N–H and O–H groups in total. The highest BCUT2D eigenvalue weighted by atomic mass is 16.5. The standard InChI is InChI=1S/C15H16N4O3/c20-12-6-5-10(8-16-12)15(21)19-7-1-2-11(19)13-17-14(22-18-13)9-3-4-9/h5-6,8-9,11H,1-4,7H2,(H,16,20)/t11-/m0/s1. The van der Waals surface area contributed by atoms with Crippen LogP contribution < -0.4 is 5.56 Å². The van der Waals surface area contributed by atoms with E-state index in [0.29, 0.717) is 29.7 Å². The summed E-state index contributed by atoms with van der Waals surface area (Å²) in [5.41, 5.74) is 0.249. The molecule has 0 spiro atoms. The van der Waals surface area contributed by atoms with Crippen molar-refractivity contribution >= 4 is 5.91 Å². The van der Waals surface area contributed by atoms with E-state index in [1.165, 1.54) is 12.3 Å². The van der Waals surface area contributed by atoms with Crippen LogP contribution in [-0.2, 0) is 0 Å². The van der Waals surface area contributed by atoms with Gasteiger partial charge in [0.2, 0.25) is 11.4 Å². The average Bonchev–Trinajstić information content (AvgIpc) is 3.08. The molecule has 1 saturated carbocycles. The van der Waals surface area contributed by atoms with Gasteiger partial charge in [0.05, 0.1) is 11.6 Å². The van der Waals surface area contributed by atoms with Crippen molar-refractivity contribution in [3.63, 3.8) is 0 Å². The van der Waals surface area contributed by atoms with E-state index in [9.17, 15) is 9.59 Å². The zero-order chi connectivity index (χ0) is 15.1. The maximum atomic E-state index is 12.6. The topological polar surface area (TPSA) is 92.1 Å². The SMILES string of the molecule is O=C(c1ccc(=O)[nH]c1)N1CCC[C@H]1c1noc(C2CC2)n1. The van der Waals surface area contributed by atoms with E-state index in [1.807, 2.05) is 0 Å². The van der Waals surface area contributed by atoms with Gasteiger partial charge in [0, 0.05) is 24.7 Å². The van der Waals surface area contributed by atoms with Crippen LogP contribution in [0.25, 0.3) is 0 Å². The third-order valence-electron chi connectivity index (χ3n) is 4.23. The predicted molar refractivity (Wildman–Crippen MR) is 76.3 cm³/mol. The van der Waals surface area contributed by atoms with Gasteiger partial charge in [-0.1, -0.05) is 5.16 Å². The number of amides is 1. The quantitative estimate of drug-likeness (QED) is 0.929. The van der Waals surface area contributed by atoms with Crippen LogP contribution in [0.4, 0.5) is 0 Å². The molecule has 0 radical (unpaired) electrons. The zero-order valence-corrected chi connectivity index (χ0v) is 12.0. The van der Waals surface area contributed by atoms with Crippen molar-refractivity contribution in [2.45, 2.75) is 37.6 Å². The van der Waals surface area contributed by atoms with Gasteiger partial charge in [-0.05, 0) is 31.7 Å². The number of pyridine rings is 1. The average molecular weight is 300 g/mol. The Morgan fingerprint density at radius 2 is 2.18 bits per heavy atom. The number of likely N-dealkylation sites (tertiary alicyclic amines) is 1. The minimum atomic E-state index is -0.221. The number of rotatable bonds is 3. The highest BCUT2D eigenvalue weighted by molar-refractivity contribution is 5.94. The van der Waals surface area contributed by atoms with Crippen LogP contribution in [0.2, 0.25) is 0 Å². The summed E-state index contributed by atoms with van der Waals surface area (Å²) >= 11 is 0. The fourth-order valence-corrected chi connectivity index (χ4v) is 2.87. The Bertz CT molecular complexity index is 742. The molecule has 114 valence electrons. The molecule has 7 heteroatoms. The van der Waals surface area contributed by atoms with Crippen LogP contribution in [0.15, 0.2) is 27.6 Å². The van der Waals surface area contributed by atoms with Gasteiger partial charge in [0.25, 0.3) is 5.91 Å². The Hall–Kier alpha value is -2.44. The van der Waals surface area contributed by atoms with Crippen molar-refractivity contribution in [1.82, 2.24) is 20.0 Å². The summed E-state index contributed by atoms with van der Waals surface area (Å²) in [5.74, 6) is 1.58. The van der Waals surface area contributed by atoms with Gasteiger partial charge in [0.1, 0.15) is 0 Å². The van der Waals surface area contributed by atoms with E-state index in [2.05, 4.69) is 15.1 Å². The first kappa shape index (κ1) is 13.2. The van der Waals surface area contributed by atoms with Crippen molar-refractivity contribution in [1.29, 1.82) is 0 Å². The van der Waals surface area contributed by atoms with E-state index in [0.717, 1.165) is 25.7 Å². The summed E-state index contributed by atoms with van der Waals surface area (Å²) in [4.78, 5) is 32.5. The number of hydrogen-bond donors (Lipinski definition) is 1. The Labute approximate surface area is 126 Å². The van der Waals surface area contributed by atoms with E-state index in [-0.39, 0.29) is 17.5 Å². The third-order valence-corrected chi connectivity index (χ3v) is 4.23. The number of aromatic nitrogens is 3. The minimum Gasteiger partial charge on any atom is -0.339 e. The first-order chi connectivity index (χ1) is 10.7. The van der Waals surface area contributed by atoms with Gasteiger partial charge >= 0.3 is 0 Å². The monoisotopic (exact) mass is 300 g/mol. The zero-order valence-electron chi connectivity index (χ0n) is 12.0. The number of carbonyl (C=O) groups excluding carboxylic acids is 1. The lowest BCUT2D eigenvalue weighted by molar-refractivity contribution is 0.0728. The number of nitrogens with one attached hydrogen (secondary N) is 1. The summed E-state index contributed by atoms with van der Waals surface area (Å²) < 4.78 is 5.30. The van der Waals surface area contributed by atoms with Gasteiger partial charge in [0.15, 0.2) is 5.82 Å². The molecule has 1 atom stereocenters. The van der Waals surface area contributed by atoms with Crippen LogP contribution in [0.1, 0.15) is 59.7 Å². The second-order valence-corrected chi connectivity index (χ2v) is 5.86. The van der Waals surface area contributed by atoms with E-state index in [1.54, 1.807) is 11.0 Å². The number of carbonyl (C=O) groups is 1. The number of nitrogens with zero attached hydrogens (tertiary/aromatic N) is 3. The molecule has 1 saturated heterocycles. The fourth-order valence-electron chi connectivity index (χ4n) is 2.87. The van der Waals surface area contributed by atoms with E-state index < -0.39 is 0 Å². The Morgan fingerprint density at radius 3 is 2.91 bits per heavy atom. The lowest BCUT2D eigenvalue weighted by atomic mass is 10.2. The van der Waals surface area contributed by atoms with Crippen molar-refractivity contribution in [3.8, 4) is 0 Å². The Kier molecular flexibility index (Phi) is 3.06. The molecule has 2 aromatic rings. The maximum Gasteiger partial charge on any atom is 0.255 e. The van der Waals surface area contributed by atoms with Crippen LogP contribution in [0.5, 0.6) is 0 Å². The van der Waals surface area contributed by atoms with Gasteiger partial charge in [-0.3, -0.25) is 9.59 Å². The van der Waals surface area contributed by atoms with E-state index in [4.69, 9.17) is 4.52 Å². The smallest absolute Gasteiger partial charge is 0.255 e. The van der Waals surface area contributed by atoms with Crippen molar-refractivity contribution in [3.05, 3.63) is 46.0 Å². The van der Waals surface area contributed by atoms with Gasteiger partial charge in [-0.2, -0.15) is 4.98 Å². The molecule has 22 heavy (non-hydrogen) atoms. The molecular formula is C15H16N4O3. The molecule has 0 unspecified atom stereocenters. The summed E-state index contributed by atoms with van der Waals surface area (Å²) in [6, 6.07) is 2.76. The highest BCUT2D eigenvalue weighted by Crippen LogP contribution is 2.40. The lowest BCUT2D eigenvalue weighted by Crippen LogP contribution is -2.31. The molecule has 2 aromatic heterocycles. The summed E-state index contributed by atoms with van der Waals surface area (Å²) in [5, 5.41) is 4.06. The second kappa shape index (κ2) is 5.08. The molecule has 1 aliphatic heterocycles. The Balaban J connectivity index is 1.58. The fraction of sp³-hybridized carbons (Fsp3) is 0.467. The van der Waals surface area contributed by atoms with Gasteiger partial charge < -0.3 is 14.4 Å². The molecule has 2 fully saturated rings. The molecule has 0 bridgehead atoms.